The van der Waals surface area contributed by atoms with Crippen molar-refractivity contribution in [3.8, 4) is 6.07 Å². The Balaban J connectivity index is 2.48. The van der Waals surface area contributed by atoms with Gasteiger partial charge in [0.1, 0.15) is 29.3 Å². The van der Waals surface area contributed by atoms with Crippen molar-refractivity contribution in [3.63, 3.8) is 0 Å². The number of anilines is 1. The molecule has 1 aliphatic heterocycles. The third kappa shape index (κ3) is 2.19. The molecule has 1 aromatic rings. The van der Waals surface area contributed by atoms with Crippen LogP contribution in [-0.4, -0.2) is 38.6 Å². The van der Waals surface area contributed by atoms with E-state index in [1.54, 1.807) is 6.92 Å². The van der Waals surface area contributed by atoms with Crippen molar-refractivity contribution in [2.24, 2.45) is 0 Å². The van der Waals surface area contributed by atoms with Crippen LogP contribution in [0, 0.1) is 11.3 Å². The van der Waals surface area contributed by atoms with Crippen LogP contribution in [0.4, 0.5) is 5.82 Å². The van der Waals surface area contributed by atoms with Gasteiger partial charge < -0.3 is 20.7 Å². The van der Waals surface area contributed by atoms with E-state index in [4.69, 9.17) is 20.8 Å². The maximum absolute atomic E-state index is 11.8. The zero-order chi connectivity index (χ0) is 14.2. The average Bonchev–Trinajstić information content (AvgIpc) is 2.65. The van der Waals surface area contributed by atoms with E-state index in [0.29, 0.717) is 0 Å². The Morgan fingerprint density at radius 1 is 1.79 bits per heavy atom. The first kappa shape index (κ1) is 13.5. The summed E-state index contributed by atoms with van der Waals surface area (Å²) < 4.78 is 6.60. The topological polar surface area (TPSA) is 134 Å². The molecule has 0 amide bonds. The average molecular weight is 266 g/mol. The molecule has 0 radical (unpaired) electrons. The summed E-state index contributed by atoms with van der Waals surface area (Å²) in [6.45, 7) is 1.21. The van der Waals surface area contributed by atoms with E-state index >= 15 is 0 Å². The number of aliphatic hydroxyl groups excluding tert-OH is 2. The predicted octanol–water partition coefficient (Wildman–Crippen LogP) is -1.49. The molecule has 0 aliphatic carbocycles. The standard InChI is InChI=1S/C11H14N4O4/c1-11(2-7(17)8(5-16)19-11)15-4-6(3-12)9(13)14-10(15)18/h4,7-8,16-17H,2,5H2,1H3,(H2,13,14,18)/t7-,8+,11+/m0/s1. The van der Waals surface area contributed by atoms with E-state index in [2.05, 4.69) is 4.98 Å². The van der Waals surface area contributed by atoms with Crippen LogP contribution in [0.15, 0.2) is 11.0 Å². The van der Waals surface area contributed by atoms with Crippen molar-refractivity contribution in [1.29, 1.82) is 5.26 Å². The molecule has 1 saturated heterocycles. The highest BCUT2D eigenvalue weighted by Crippen LogP contribution is 2.33. The molecule has 102 valence electrons. The molecule has 1 aliphatic rings. The summed E-state index contributed by atoms with van der Waals surface area (Å²) in [5.41, 5.74) is 3.65. The molecule has 0 unspecified atom stereocenters. The van der Waals surface area contributed by atoms with Crippen molar-refractivity contribution < 1.29 is 14.9 Å². The van der Waals surface area contributed by atoms with E-state index < -0.39 is 23.6 Å². The van der Waals surface area contributed by atoms with Crippen molar-refractivity contribution in [1.82, 2.24) is 9.55 Å². The third-order valence-corrected chi connectivity index (χ3v) is 3.19. The summed E-state index contributed by atoms with van der Waals surface area (Å²) in [5, 5.41) is 27.7. The minimum Gasteiger partial charge on any atom is -0.394 e. The molecule has 19 heavy (non-hydrogen) atoms. The molecule has 1 aromatic heterocycles. The molecule has 0 saturated carbocycles. The molecule has 0 bridgehead atoms. The van der Waals surface area contributed by atoms with Gasteiger partial charge in [0.25, 0.3) is 0 Å². The first-order chi connectivity index (χ1) is 8.91. The van der Waals surface area contributed by atoms with Crippen molar-refractivity contribution in [2.75, 3.05) is 12.3 Å². The number of rotatable bonds is 2. The number of nitriles is 1. The molecule has 3 atom stereocenters. The molecule has 1 fully saturated rings. The lowest BCUT2D eigenvalue weighted by molar-refractivity contribution is -0.107. The third-order valence-electron chi connectivity index (χ3n) is 3.19. The van der Waals surface area contributed by atoms with E-state index in [0.717, 1.165) is 4.57 Å². The number of aromatic nitrogens is 2. The molecule has 8 heteroatoms. The second kappa shape index (κ2) is 4.62. The molecule has 0 spiro atoms. The first-order valence-electron chi connectivity index (χ1n) is 5.68. The fourth-order valence-corrected chi connectivity index (χ4v) is 2.18. The molecular weight excluding hydrogens is 252 g/mol. The van der Waals surface area contributed by atoms with Crippen LogP contribution in [0.5, 0.6) is 0 Å². The Morgan fingerprint density at radius 3 is 3.00 bits per heavy atom. The minimum absolute atomic E-state index is 0.0476. The predicted molar refractivity (Wildman–Crippen MR) is 63.9 cm³/mol. The van der Waals surface area contributed by atoms with Gasteiger partial charge in [0.15, 0.2) is 0 Å². The number of hydrogen-bond acceptors (Lipinski definition) is 7. The van der Waals surface area contributed by atoms with Crippen LogP contribution < -0.4 is 11.4 Å². The fraction of sp³-hybridized carbons (Fsp3) is 0.545. The Labute approximate surface area is 108 Å². The van der Waals surface area contributed by atoms with Gasteiger partial charge in [-0.3, -0.25) is 4.57 Å². The Bertz CT molecular complexity index is 593. The van der Waals surface area contributed by atoms with Crippen molar-refractivity contribution >= 4 is 5.82 Å². The normalized spacial score (nSPS) is 30.2. The summed E-state index contributed by atoms with van der Waals surface area (Å²) in [6, 6.07) is 1.83. The molecule has 4 N–H and O–H groups in total. The van der Waals surface area contributed by atoms with Crippen LogP contribution >= 0.6 is 0 Å². The summed E-state index contributed by atoms with van der Waals surface area (Å²) >= 11 is 0. The zero-order valence-electron chi connectivity index (χ0n) is 10.3. The summed E-state index contributed by atoms with van der Waals surface area (Å²) in [5.74, 6) is -0.149. The fourth-order valence-electron chi connectivity index (χ4n) is 2.18. The maximum atomic E-state index is 11.8. The summed E-state index contributed by atoms with van der Waals surface area (Å²) in [6.07, 6.45) is -0.323. The quantitative estimate of drug-likeness (QED) is 0.593. The van der Waals surface area contributed by atoms with Gasteiger partial charge in [0.2, 0.25) is 0 Å². The highest BCUT2D eigenvalue weighted by Gasteiger charge is 2.44. The molecule has 8 nitrogen and oxygen atoms in total. The highest BCUT2D eigenvalue weighted by molar-refractivity contribution is 5.45. The highest BCUT2D eigenvalue weighted by atomic mass is 16.6. The second-order valence-electron chi connectivity index (χ2n) is 4.59. The van der Waals surface area contributed by atoms with Gasteiger partial charge in [0, 0.05) is 12.6 Å². The van der Waals surface area contributed by atoms with Crippen LogP contribution in [0.3, 0.4) is 0 Å². The zero-order valence-corrected chi connectivity index (χ0v) is 10.3. The number of ether oxygens (including phenoxy) is 1. The van der Waals surface area contributed by atoms with E-state index in [1.165, 1.54) is 6.20 Å². The Morgan fingerprint density at radius 2 is 2.47 bits per heavy atom. The summed E-state index contributed by atoms with van der Waals surface area (Å²) in [4.78, 5) is 15.4. The van der Waals surface area contributed by atoms with Gasteiger partial charge in [-0.25, -0.2) is 4.79 Å². The van der Waals surface area contributed by atoms with Gasteiger partial charge in [-0.1, -0.05) is 0 Å². The Kier molecular flexibility index (Phi) is 3.28. The lowest BCUT2D eigenvalue weighted by atomic mass is 10.1. The van der Waals surface area contributed by atoms with Crippen LogP contribution in [0.1, 0.15) is 18.9 Å². The second-order valence-corrected chi connectivity index (χ2v) is 4.59. The van der Waals surface area contributed by atoms with Crippen LogP contribution in [0.2, 0.25) is 0 Å². The first-order valence-corrected chi connectivity index (χ1v) is 5.68. The van der Waals surface area contributed by atoms with Gasteiger partial charge in [0.05, 0.1) is 12.7 Å². The van der Waals surface area contributed by atoms with Crippen LogP contribution in [-0.2, 0) is 10.5 Å². The molecular formula is C11H14N4O4. The van der Waals surface area contributed by atoms with E-state index in [1.807, 2.05) is 6.07 Å². The lowest BCUT2D eigenvalue weighted by Gasteiger charge is -2.26. The SMILES string of the molecule is C[C@]1(n2cc(C#N)c(N)nc2=O)C[C@H](O)[C@@H](CO)O1. The number of nitrogens with zero attached hydrogens (tertiary/aromatic N) is 3. The van der Waals surface area contributed by atoms with Gasteiger partial charge in [-0.15, -0.1) is 0 Å². The van der Waals surface area contributed by atoms with Crippen molar-refractivity contribution in [3.05, 3.63) is 22.2 Å². The minimum atomic E-state index is -1.17. The molecule has 2 rings (SSSR count). The van der Waals surface area contributed by atoms with Crippen molar-refractivity contribution in [2.45, 2.75) is 31.3 Å². The number of hydrogen-bond donors (Lipinski definition) is 3. The lowest BCUT2D eigenvalue weighted by Crippen LogP contribution is -2.40. The largest absolute Gasteiger partial charge is 0.394 e. The van der Waals surface area contributed by atoms with Gasteiger partial charge in [-0.2, -0.15) is 10.2 Å². The molecule has 2 heterocycles. The molecule has 0 aromatic carbocycles. The smallest absolute Gasteiger partial charge is 0.351 e. The number of nitrogens with two attached hydrogens (primary N) is 1. The maximum Gasteiger partial charge on any atom is 0.351 e. The Hall–Kier alpha value is -1.95. The summed E-state index contributed by atoms with van der Waals surface area (Å²) in [7, 11) is 0. The van der Waals surface area contributed by atoms with Crippen LogP contribution in [0.25, 0.3) is 0 Å². The number of nitrogen functional groups attached to an aromatic ring is 1. The van der Waals surface area contributed by atoms with E-state index in [9.17, 15) is 9.90 Å². The van der Waals surface area contributed by atoms with Gasteiger partial charge >= 0.3 is 5.69 Å². The number of aliphatic hydroxyl groups is 2. The van der Waals surface area contributed by atoms with Gasteiger partial charge in [-0.05, 0) is 6.92 Å². The monoisotopic (exact) mass is 266 g/mol. The van der Waals surface area contributed by atoms with E-state index in [-0.39, 0.29) is 24.4 Å².